The van der Waals surface area contributed by atoms with E-state index in [0.29, 0.717) is 24.0 Å². The first-order chi connectivity index (χ1) is 10.5. The molecule has 0 aliphatic heterocycles. The molecule has 1 aliphatic carbocycles. The third-order valence-electron chi connectivity index (χ3n) is 3.31. The average molecular weight is 323 g/mol. The van der Waals surface area contributed by atoms with Crippen LogP contribution in [0.3, 0.4) is 0 Å². The molecule has 118 valence electrons. The summed E-state index contributed by atoms with van der Waals surface area (Å²) in [6.45, 7) is 0.693. The van der Waals surface area contributed by atoms with Crippen molar-refractivity contribution in [3.63, 3.8) is 0 Å². The minimum absolute atomic E-state index is 0.180. The summed E-state index contributed by atoms with van der Waals surface area (Å²) in [5, 5.41) is 11.5. The number of aromatic nitrogens is 4. The molecule has 2 aromatic rings. The lowest BCUT2D eigenvalue weighted by Crippen LogP contribution is -2.25. The third-order valence-corrected chi connectivity index (χ3v) is 4.75. The molecule has 1 heterocycles. The van der Waals surface area contributed by atoms with Crippen LogP contribution in [0.25, 0.3) is 0 Å². The largest absolute Gasteiger partial charge is 0.485 e. The van der Waals surface area contributed by atoms with Crippen molar-refractivity contribution in [1.82, 2.24) is 24.9 Å². The van der Waals surface area contributed by atoms with Crippen molar-refractivity contribution in [2.45, 2.75) is 24.3 Å². The first kappa shape index (κ1) is 14.9. The first-order valence-corrected chi connectivity index (χ1v) is 8.47. The van der Waals surface area contributed by atoms with Gasteiger partial charge in [0.25, 0.3) is 0 Å². The molecule has 0 saturated heterocycles. The highest BCUT2D eigenvalue weighted by Gasteiger charge is 2.24. The summed E-state index contributed by atoms with van der Waals surface area (Å²) in [5.41, 5.74) is 0. The highest BCUT2D eigenvalue weighted by molar-refractivity contribution is 7.89. The van der Waals surface area contributed by atoms with Crippen LogP contribution < -0.4 is 9.46 Å². The van der Waals surface area contributed by atoms with Crippen molar-refractivity contribution in [1.29, 1.82) is 0 Å². The second kappa shape index (κ2) is 6.01. The molecule has 1 saturated carbocycles. The van der Waals surface area contributed by atoms with Gasteiger partial charge in [0, 0.05) is 6.54 Å². The molecule has 1 aromatic carbocycles. The van der Waals surface area contributed by atoms with E-state index in [4.69, 9.17) is 4.74 Å². The van der Waals surface area contributed by atoms with Crippen LogP contribution in [0.4, 0.5) is 0 Å². The SMILES string of the molecule is Cn1nnc(COc2ccc(S(=O)(=O)NCC3CC3)cc2)n1. The zero-order valence-corrected chi connectivity index (χ0v) is 13.0. The maximum Gasteiger partial charge on any atom is 0.240 e. The predicted molar refractivity (Wildman–Crippen MR) is 77.5 cm³/mol. The van der Waals surface area contributed by atoms with E-state index in [1.165, 1.54) is 16.9 Å². The van der Waals surface area contributed by atoms with Crippen molar-refractivity contribution in [2.24, 2.45) is 13.0 Å². The quantitative estimate of drug-likeness (QED) is 0.795. The second-order valence-corrected chi connectivity index (χ2v) is 7.02. The number of ether oxygens (including phenoxy) is 1. The van der Waals surface area contributed by atoms with Gasteiger partial charge in [0.15, 0.2) is 6.61 Å². The Kier molecular flexibility index (Phi) is 4.08. The van der Waals surface area contributed by atoms with Gasteiger partial charge in [-0.1, -0.05) is 0 Å². The number of hydrogen-bond donors (Lipinski definition) is 1. The van der Waals surface area contributed by atoms with Crippen LogP contribution in [0.2, 0.25) is 0 Å². The molecule has 0 radical (unpaired) electrons. The zero-order valence-electron chi connectivity index (χ0n) is 12.1. The Morgan fingerprint density at radius 2 is 2.05 bits per heavy atom. The Morgan fingerprint density at radius 1 is 1.32 bits per heavy atom. The lowest BCUT2D eigenvalue weighted by atomic mass is 10.3. The van der Waals surface area contributed by atoms with E-state index in [2.05, 4.69) is 20.1 Å². The van der Waals surface area contributed by atoms with Gasteiger partial charge >= 0.3 is 0 Å². The van der Waals surface area contributed by atoms with E-state index in [-0.39, 0.29) is 11.5 Å². The van der Waals surface area contributed by atoms with Gasteiger partial charge in [-0.3, -0.25) is 0 Å². The highest BCUT2D eigenvalue weighted by atomic mass is 32.2. The third kappa shape index (κ3) is 3.80. The monoisotopic (exact) mass is 323 g/mol. The molecule has 0 amide bonds. The Hall–Kier alpha value is -2.00. The van der Waals surface area contributed by atoms with Crippen LogP contribution >= 0.6 is 0 Å². The van der Waals surface area contributed by atoms with Crippen molar-refractivity contribution >= 4 is 10.0 Å². The van der Waals surface area contributed by atoms with Crippen LogP contribution in [0.5, 0.6) is 5.75 Å². The summed E-state index contributed by atoms with van der Waals surface area (Å²) < 4.78 is 32.3. The Bertz CT molecular complexity index is 737. The van der Waals surface area contributed by atoms with Crippen LogP contribution in [0, 0.1) is 5.92 Å². The lowest BCUT2D eigenvalue weighted by molar-refractivity contribution is 0.295. The summed E-state index contributed by atoms with van der Waals surface area (Å²) in [7, 11) is -1.77. The smallest absolute Gasteiger partial charge is 0.240 e. The van der Waals surface area contributed by atoms with Gasteiger partial charge in [-0.2, -0.15) is 4.80 Å². The number of sulfonamides is 1. The molecule has 1 aromatic heterocycles. The molecule has 0 atom stereocenters. The van der Waals surface area contributed by atoms with Gasteiger partial charge in [-0.05, 0) is 48.2 Å². The van der Waals surface area contributed by atoms with Gasteiger partial charge < -0.3 is 4.74 Å². The van der Waals surface area contributed by atoms with Crippen molar-refractivity contribution in [3.8, 4) is 5.75 Å². The van der Waals surface area contributed by atoms with Gasteiger partial charge in [-0.25, -0.2) is 13.1 Å². The Morgan fingerprint density at radius 3 is 2.64 bits per heavy atom. The van der Waals surface area contributed by atoms with Crippen LogP contribution in [-0.2, 0) is 23.7 Å². The average Bonchev–Trinajstić information content (AvgIpc) is 3.25. The predicted octanol–water partition coefficient (Wildman–Crippen LogP) is 0.477. The fourth-order valence-corrected chi connectivity index (χ4v) is 2.99. The zero-order chi connectivity index (χ0) is 15.6. The Labute approximate surface area is 128 Å². The standard InChI is InChI=1S/C13H17N5O3S/c1-18-16-13(15-17-18)9-21-11-4-6-12(7-5-11)22(19,20)14-8-10-2-3-10/h4-7,10,14H,2-3,8-9H2,1H3. The van der Waals surface area contributed by atoms with E-state index in [1.807, 2.05) is 0 Å². The molecule has 9 heteroatoms. The fraction of sp³-hybridized carbons (Fsp3) is 0.462. The summed E-state index contributed by atoms with van der Waals surface area (Å²) in [6, 6.07) is 6.27. The normalized spacial score (nSPS) is 15.0. The lowest BCUT2D eigenvalue weighted by Gasteiger charge is -2.07. The van der Waals surface area contributed by atoms with E-state index >= 15 is 0 Å². The molecule has 0 spiro atoms. The number of rotatable bonds is 7. The number of aryl methyl sites for hydroxylation is 1. The van der Waals surface area contributed by atoms with Crippen molar-refractivity contribution < 1.29 is 13.2 Å². The molecular formula is C13H17N5O3S. The summed E-state index contributed by atoms with van der Waals surface area (Å²) in [4.78, 5) is 1.58. The van der Waals surface area contributed by atoms with Crippen LogP contribution in [0.15, 0.2) is 29.2 Å². The van der Waals surface area contributed by atoms with E-state index in [0.717, 1.165) is 12.8 Å². The molecule has 1 fully saturated rings. The number of hydrogen-bond acceptors (Lipinski definition) is 6. The van der Waals surface area contributed by atoms with Crippen molar-refractivity contribution in [3.05, 3.63) is 30.1 Å². The summed E-state index contributed by atoms with van der Waals surface area (Å²) in [6.07, 6.45) is 2.21. The maximum absolute atomic E-state index is 12.1. The molecule has 3 rings (SSSR count). The fourth-order valence-electron chi connectivity index (χ4n) is 1.88. The van der Waals surface area contributed by atoms with Gasteiger partial charge in [-0.15, -0.1) is 10.2 Å². The van der Waals surface area contributed by atoms with Crippen molar-refractivity contribution in [2.75, 3.05) is 6.54 Å². The summed E-state index contributed by atoms with van der Waals surface area (Å²) in [5.74, 6) is 1.51. The molecule has 0 unspecified atom stereocenters. The first-order valence-electron chi connectivity index (χ1n) is 6.98. The van der Waals surface area contributed by atoms with Gasteiger partial charge in [0.2, 0.25) is 15.8 Å². The number of nitrogens with zero attached hydrogens (tertiary/aromatic N) is 4. The number of benzene rings is 1. The van der Waals surface area contributed by atoms with Gasteiger partial charge in [0.1, 0.15) is 5.75 Å². The van der Waals surface area contributed by atoms with Crippen LogP contribution in [-0.4, -0.2) is 35.2 Å². The maximum atomic E-state index is 12.1. The van der Waals surface area contributed by atoms with E-state index in [9.17, 15) is 8.42 Å². The van der Waals surface area contributed by atoms with E-state index in [1.54, 1.807) is 19.2 Å². The minimum atomic E-state index is -3.44. The number of tetrazole rings is 1. The minimum Gasteiger partial charge on any atom is -0.485 e. The molecular weight excluding hydrogens is 306 g/mol. The molecule has 0 bridgehead atoms. The second-order valence-electron chi connectivity index (χ2n) is 5.25. The van der Waals surface area contributed by atoms with E-state index < -0.39 is 10.0 Å². The summed E-state index contributed by atoms with van der Waals surface area (Å²) >= 11 is 0. The molecule has 1 N–H and O–H groups in total. The highest BCUT2D eigenvalue weighted by Crippen LogP contribution is 2.28. The van der Waals surface area contributed by atoms with Crippen LogP contribution in [0.1, 0.15) is 18.7 Å². The van der Waals surface area contributed by atoms with Gasteiger partial charge in [0.05, 0.1) is 11.9 Å². The molecule has 22 heavy (non-hydrogen) atoms. The molecule has 1 aliphatic rings. The number of nitrogens with one attached hydrogen (secondary N) is 1. The Balaban J connectivity index is 1.59. The molecule has 8 nitrogen and oxygen atoms in total. The topological polar surface area (TPSA) is 99.0 Å².